The minimum atomic E-state index is 0.816. The van der Waals surface area contributed by atoms with Gasteiger partial charge in [0.1, 0.15) is 0 Å². The highest BCUT2D eigenvalue weighted by Crippen LogP contribution is 2.44. The monoisotopic (exact) mass is 701 g/mol. The van der Waals surface area contributed by atoms with Crippen LogP contribution in [0.15, 0.2) is 212 Å². The zero-order chi connectivity index (χ0) is 36.6. The van der Waals surface area contributed by atoms with E-state index in [0.29, 0.717) is 0 Å². The molecular formula is C54H39N. The Morgan fingerprint density at radius 2 is 0.764 bits per heavy atom. The van der Waals surface area contributed by atoms with Crippen LogP contribution in [0.2, 0.25) is 0 Å². The first-order chi connectivity index (χ1) is 27.3. The van der Waals surface area contributed by atoms with Gasteiger partial charge < -0.3 is 4.90 Å². The molecule has 0 atom stereocenters. The second kappa shape index (κ2) is 14.1. The molecule has 0 amide bonds. The fraction of sp³-hybridized carbons (Fsp3) is 0.0370. The van der Waals surface area contributed by atoms with E-state index in [-0.39, 0.29) is 0 Å². The quantitative estimate of drug-likeness (QED) is 0.173. The van der Waals surface area contributed by atoms with Crippen LogP contribution in [-0.2, 0) is 12.8 Å². The number of benzene rings is 9. The molecule has 0 radical (unpaired) electrons. The van der Waals surface area contributed by atoms with Crippen LogP contribution >= 0.6 is 0 Å². The Labute approximate surface area is 323 Å². The third-order valence-electron chi connectivity index (χ3n) is 11.2. The Balaban J connectivity index is 1.17. The Kier molecular flexibility index (Phi) is 8.39. The van der Waals surface area contributed by atoms with Crippen molar-refractivity contribution in [3.63, 3.8) is 0 Å². The van der Waals surface area contributed by atoms with E-state index in [1.54, 1.807) is 0 Å². The van der Waals surface area contributed by atoms with E-state index in [9.17, 15) is 0 Å². The Morgan fingerprint density at radius 3 is 1.45 bits per heavy atom. The predicted molar refractivity (Wildman–Crippen MR) is 232 cm³/mol. The van der Waals surface area contributed by atoms with Gasteiger partial charge in [-0.05, 0) is 115 Å². The molecule has 0 bridgehead atoms. The van der Waals surface area contributed by atoms with Crippen LogP contribution in [-0.4, -0.2) is 0 Å². The van der Waals surface area contributed by atoms with Crippen molar-refractivity contribution in [1.29, 1.82) is 0 Å². The molecule has 1 aliphatic carbocycles. The molecule has 0 unspecified atom stereocenters. The summed E-state index contributed by atoms with van der Waals surface area (Å²) in [6, 6.07) is 77.9. The maximum Gasteiger partial charge on any atom is 0.0540 e. The molecule has 1 heteroatoms. The molecule has 0 spiro atoms. The largest absolute Gasteiger partial charge is 0.310 e. The van der Waals surface area contributed by atoms with E-state index >= 15 is 0 Å². The first-order valence-electron chi connectivity index (χ1n) is 19.2. The molecule has 55 heavy (non-hydrogen) atoms. The summed E-state index contributed by atoms with van der Waals surface area (Å²) in [4.78, 5) is 2.45. The van der Waals surface area contributed by atoms with E-state index in [4.69, 9.17) is 0 Å². The summed E-state index contributed by atoms with van der Waals surface area (Å²) in [5.41, 5.74) is 18.8. The second-order valence-corrected chi connectivity index (χ2v) is 14.5. The van der Waals surface area contributed by atoms with Crippen molar-refractivity contribution in [2.24, 2.45) is 0 Å². The highest BCUT2D eigenvalue weighted by atomic mass is 15.1. The minimum absolute atomic E-state index is 0.816. The number of anilines is 3. The topological polar surface area (TPSA) is 3.24 Å². The highest BCUT2D eigenvalue weighted by Gasteiger charge is 2.22. The molecule has 10 rings (SSSR count). The molecular weight excluding hydrogens is 663 g/mol. The SMILES string of the molecule is c1ccc(-c2ccccc2N(c2ccc(-c3cccc4ccccc34)cc2)c2ccc3c(c2)Cc2ccccc2-c2ccccc2Cc2ccccc2-3)cc1. The zero-order valence-corrected chi connectivity index (χ0v) is 30.6. The van der Waals surface area contributed by atoms with Crippen molar-refractivity contribution in [1.82, 2.24) is 0 Å². The van der Waals surface area contributed by atoms with Gasteiger partial charge in [-0.15, -0.1) is 0 Å². The Morgan fingerprint density at radius 1 is 0.291 bits per heavy atom. The Bertz CT molecular complexity index is 2810. The first-order valence-corrected chi connectivity index (χ1v) is 19.2. The molecule has 0 aromatic heterocycles. The fourth-order valence-corrected chi connectivity index (χ4v) is 8.58. The van der Waals surface area contributed by atoms with Crippen LogP contribution in [0.1, 0.15) is 22.3 Å². The van der Waals surface area contributed by atoms with Gasteiger partial charge in [0, 0.05) is 16.9 Å². The second-order valence-electron chi connectivity index (χ2n) is 14.5. The zero-order valence-electron chi connectivity index (χ0n) is 30.6. The van der Waals surface area contributed by atoms with Crippen LogP contribution < -0.4 is 4.90 Å². The van der Waals surface area contributed by atoms with E-state index in [1.807, 2.05) is 0 Å². The predicted octanol–water partition coefficient (Wildman–Crippen LogP) is 14.5. The first kappa shape index (κ1) is 32.7. The van der Waals surface area contributed by atoms with Gasteiger partial charge >= 0.3 is 0 Å². The van der Waals surface area contributed by atoms with Crippen LogP contribution in [0.5, 0.6) is 0 Å². The number of para-hydroxylation sites is 1. The minimum Gasteiger partial charge on any atom is -0.310 e. The standard InChI is InChI=1S/C54H39N/c1-2-15-39(16-3-1)53-26-12-13-28-54(53)55(45-31-29-40(30-32-45)48-27-14-21-38-17-4-8-22-47(38)48)46-33-34-52-44(37-46)36-43-20-7-10-24-50(43)49-23-9-5-18-41(49)35-42-19-6-11-25-51(42)52/h1-34,37H,35-36H2. The van der Waals surface area contributed by atoms with Crippen LogP contribution in [0, 0.1) is 0 Å². The summed E-state index contributed by atoms with van der Waals surface area (Å²) in [6.45, 7) is 0. The summed E-state index contributed by atoms with van der Waals surface area (Å²) in [5, 5.41) is 2.52. The lowest BCUT2D eigenvalue weighted by molar-refractivity contribution is 1.14. The lowest BCUT2D eigenvalue weighted by Gasteiger charge is -2.29. The normalized spacial score (nSPS) is 11.9. The van der Waals surface area contributed by atoms with E-state index in [2.05, 4.69) is 217 Å². The smallest absolute Gasteiger partial charge is 0.0540 e. The van der Waals surface area contributed by atoms with Gasteiger partial charge in [0.25, 0.3) is 0 Å². The number of hydrogen-bond acceptors (Lipinski definition) is 1. The maximum atomic E-state index is 2.45. The summed E-state index contributed by atoms with van der Waals surface area (Å²) in [6.07, 6.45) is 1.69. The molecule has 9 aromatic carbocycles. The molecule has 1 aliphatic rings. The summed E-state index contributed by atoms with van der Waals surface area (Å²) >= 11 is 0. The summed E-state index contributed by atoms with van der Waals surface area (Å²) in [5.74, 6) is 0. The average molecular weight is 702 g/mol. The number of fused-ring (bicyclic) bond motifs is 7. The molecule has 0 heterocycles. The van der Waals surface area contributed by atoms with E-state index in [1.165, 1.54) is 77.5 Å². The lowest BCUT2D eigenvalue weighted by atomic mass is 9.84. The third-order valence-corrected chi connectivity index (χ3v) is 11.2. The average Bonchev–Trinajstić information content (AvgIpc) is 3.25. The van der Waals surface area contributed by atoms with Gasteiger partial charge in [0.15, 0.2) is 0 Å². The lowest BCUT2D eigenvalue weighted by Crippen LogP contribution is -2.12. The summed E-state index contributed by atoms with van der Waals surface area (Å²) in [7, 11) is 0. The molecule has 0 saturated carbocycles. The molecule has 0 fully saturated rings. The van der Waals surface area contributed by atoms with Crippen LogP contribution in [0.3, 0.4) is 0 Å². The third kappa shape index (κ3) is 6.10. The molecule has 260 valence electrons. The maximum absolute atomic E-state index is 2.45. The van der Waals surface area contributed by atoms with Gasteiger partial charge in [0.2, 0.25) is 0 Å². The van der Waals surface area contributed by atoms with Crippen molar-refractivity contribution < 1.29 is 0 Å². The van der Waals surface area contributed by atoms with E-state index in [0.717, 1.165) is 29.9 Å². The van der Waals surface area contributed by atoms with Crippen LogP contribution in [0.25, 0.3) is 55.3 Å². The van der Waals surface area contributed by atoms with Gasteiger partial charge in [-0.25, -0.2) is 0 Å². The molecule has 1 nitrogen and oxygen atoms in total. The molecule has 9 aromatic rings. The van der Waals surface area contributed by atoms with Gasteiger partial charge in [-0.2, -0.15) is 0 Å². The molecule has 0 aliphatic heterocycles. The van der Waals surface area contributed by atoms with Crippen molar-refractivity contribution in [2.75, 3.05) is 4.90 Å². The van der Waals surface area contributed by atoms with Gasteiger partial charge in [0.05, 0.1) is 5.69 Å². The number of nitrogens with zero attached hydrogens (tertiary/aromatic N) is 1. The van der Waals surface area contributed by atoms with Crippen LogP contribution in [0.4, 0.5) is 17.1 Å². The van der Waals surface area contributed by atoms with Crippen molar-refractivity contribution in [2.45, 2.75) is 12.8 Å². The van der Waals surface area contributed by atoms with Crippen molar-refractivity contribution in [3.8, 4) is 44.5 Å². The summed E-state index contributed by atoms with van der Waals surface area (Å²) < 4.78 is 0. The van der Waals surface area contributed by atoms with Crippen molar-refractivity contribution >= 4 is 27.8 Å². The van der Waals surface area contributed by atoms with Gasteiger partial charge in [-0.1, -0.05) is 182 Å². The number of rotatable bonds is 5. The fourth-order valence-electron chi connectivity index (χ4n) is 8.58. The highest BCUT2D eigenvalue weighted by molar-refractivity contribution is 5.97. The van der Waals surface area contributed by atoms with E-state index < -0.39 is 0 Å². The van der Waals surface area contributed by atoms with Gasteiger partial charge in [-0.3, -0.25) is 0 Å². The molecule has 0 N–H and O–H groups in total. The number of hydrogen-bond donors (Lipinski definition) is 0. The molecule has 0 saturated heterocycles. The van der Waals surface area contributed by atoms with Crippen molar-refractivity contribution in [3.05, 3.63) is 235 Å². The Hall–Kier alpha value is -6.96.